The van der Waals surface area contributed by atoms with Crippen LogP contribution < -0.4 is 5.73 Å². The van der Waals surface area contributed by atoms with Crippen molar-refractivity contribution in [1.82, 2.24) is 4.98 Å². The van der Waals surface area contributed by atoms with Crippen LogP contribution in [0.1, 0.15) is 23.7 Å². The van der Waals surface area contributed by atoms with E-state index >= 15 is 0 Å². The van der Waals surface area contributed by atoms with Gasteiger partial charge in [-0.15, -0.1) is 0 Å². The fourth-order valence-corrected chi connectivity index (χ4v) is 1.40. The molecule has 0 radical (unpaired) electrons. The molecule has 1 aromatic rings. The van der Waals surface area contributed by atoms with E-state index in [2.05, 4.69) is 4.98 Å². The van der Waals surface area contributed by atoms with Crippen molar-refractivity contribution in [2.24, 2.45) is 0 Å². The number of anilines is 1. The Balaban J connectivity index is 2.82. The molecular weight excluding hydrogens is 180 g/mol. The number of pyridine rings is 1. The highest BCUT2D eigenvalue weighted by molar-refractivity contribution is 5.45. The van der Waals surface area contributed by atoms with Crippen LogP contribution in [0.5, 0.6) is 0 Å². The monoisotopic (exact) mass is 196 g/mol. The van der Waals surface area contributed by atoms with Gasteiger partial charge in [-0.25, -0.2) is 4.98 Å². The molecule has 1 unspecified atom stereocenters. The molecule has 0 saturated carbocycles. The molecule has 0 spiro atoms. The van der Waals surface area contributed by atoms with E-state index in [1.54, 1.807) is 13.3 Å². The number of nitrogen functional groups attached to an aromatic ring is 1. The van der Waals surface area contributed by atoms with Crippen LogP contribution in [0, 0.1) is 6.92 Å². The molecule has 1 rings (SSSR count). The molecule has 0 fully saturated rings. The maximum absolute atomic E-state index is 9.81. The highest BCUT2D eigenvalue weighted by Crippen LogP contribution is 2.24. The van der Waals surface area contributed by atoms with Crippen molar-refractivity contribution < 1.29 is 9.84 Å². The fraction of sp³-hybridized carbons (Fsp3) is 0.500. The number of nitrogens with zero attached hydrogens (tertiary/aromatic N) is 1. The average molecular weight is 196 g/mol. The van der Waals surface area contributed by atoms with Crippen LogP contribution in [-0.4, -0.2) is 23.8 Å². The Morgan fingerprint density at radius 3 is 2.93 bits per heavy atom. The zero-order chi connectivity index (χ0) is 10.6. The van der Waals surface area contributed by atoms with E-state index in [1.807, 2.05) is 13.0 Å². The molecule has 4 nitrogen and oxygen atoms in total. The van der Waals surface area contributed by atoms with Gasteiger partial charge in [0.05, 0.1) is 6.10 Å². The van der Waals surface area contributed by atoms with Crippen molar-refractivity contribution in [2.75, 3.05) is 19.5 Å². The van der Waals surface area contributed by atoms with Gasteiger partial charge in [0.25, 0.3) is 0 Å². The molecule has 0 bridgehead atoms. The second-order valence-corrected chi connectivity index (χ2v) is 3.22. The fourth-order valence-electron chi connectivity index (χ4n) is 1.40. The number of aromatic nitrogens is 1. The van der Waals surface area contributed by atoms with Gasteiger partial charge < -0.3 is 15.6 Å². The first-order valence-electron chi connectivity index (χ1n) is 4.54. The number of ether oxygens (including phenoxy) is 1. The van der Waals surface area contributed by atoms with Gasteiger partial charge in [-0.05, 0) is 18.6 Å². The minimum atomic E-state index is -0.594. The molecule has 0 amide bonds. The molecule has 1 heterocycles. The summed E-state index contributed by atoms with van der Waals surface area (Å²) in [6, 6.07) is 1.84. The summed E-state index contributed by atoms with van der Waals surface area (Å²) < 4.78 is 4.89. The molecular formula is C10H16N2O2. The minimum Gasteiger partial charge on any atom is -0.388 e. The molecule has 4 heteroatoms. The van der Waals surface area contributed by atoms with Gasteiger partial charge in [0.2, 0.25) is 0 Å². The predicted octanol–water partition coefficient (Wildman–Crippen LogP) is 1.04. The average Bonchev–Trinajstić information content (AvgIpc) is 2.14. The van der Waals surface area contributed by atoms with Crippen molar-refractivity contribution >= 4 is 5.82 Å². The zero-order valence-electron chi connectivity index (χ0n) is 8.53. The first-order chi connectivity index (χ1) is 6.66. The lowest BCUT2D eigenvalue weighted by atomic mass is 10.0. The van der Waals surface area contributed by atoms with Gasteiger partial charge >= 0.3 is 0 Å². The highest BCUT2D eigenvalue weighted by Gasteiger charge is 2.13. The summed E-state index contributed by atoms with van der Waals surface area (Å²) in [4.78, 5) is 3.95. The molecule has 0 saturated heterocycles. The Kier molecular flexibility index (Phi) is 3.85. The quantitative estimate of drug-likeness (QED) is 0.755. The Labute approximate surface area is 83.7 Å². The molecule has 0 aromatic carbocycles. The maximum Gasteiger partial charge on any atom is 0.129 e. The van der Waals surface area contributed by atoms with Gasteiger partial charge in [-0.1, -0.05) is 0 Å². The van der Waals surface area contributed by atoms with Crippen molar-refractivity contribution in [3.05, 3.63) is 23.4 Å². The van der Waals surface area contributed by atoms with Gasteiger partial charge in [-0.2, -0.15) is 0 Å². The van der Waals surface area contributed by atoms with Crippen LogP contribution in [0.15, 0.2) is 12.3 Å². The van der Waals surface area contributed by atoms with Crippen molar-refractivity contribution in [2.45, 2.75) is 19.4 Å². The first kappa shape index (κ1) is 10.9. The van der Waals surface area contributed by atoms with E-state index in [0.29, 0.717) is 24.4 Å². The molecule has 1 aromatic heterocycles. The van der Waals surface area contributed by atoms with Crippen LogP contribution in [0.25, 0.3) is 0 Å². The number of aliphatic hydroxyl groups is 1. The molecule has 14 heavy (non-hydrogen) atoms. The highest BCUT2D eigenvalue weighted by atomic mass is 16.5. The van der Waals surface area contributed by atoms with Crippen LogP contribution >= 0.6 is 0 Å². The van der Waals surface area contributed by atoms with Crippen LogP contribution in [0.3, 0.4) is 0 Å². The second kappa shape index (κ2) is 4.93. The summed E-state index contributed by atoms with van der Waals surface area (Å²) in [5, 5.41) is 9.81. The lowest BCUT2D eigenvalue weighted by molar-refractivity contribution is 0.110. The standard InChI is InChI=1S/C10H16N2O2/c1-7-3-5-12-10(11)9(7)8(13)4-6-14-2/h3,5,8,13H,4,6H2,1-2H3,(H2,11,12). The van der Waals surface area contributed by atoms with Gasteiger partial charge in [0.15, 0.2) is 0 Å². The van der Waals surface area contributed by atoms with E-state index in [1.165, 1.54) is 0 Å². The summed E-state index contributed by atoms with van der Waals surface area (Å²) in [5.74, 6) is 0.397. The zero-order valence-corrected chi connectivity index (χ0v) is 8.53. The van der Waals surface area contributed by atoms with Crippen LogP contribution in [0.2, 0.25) is 0 Å². The number of hydrogen-bond donors (Lipinski definition) is 2. The van der Waals surface area contributed by atoms with Crippen molar-refractivity contribution in [3.63, 3.8) is 0 Å². The molecule has 0 aliphatic heterocycles. The normalized spacial score (nSPS) is 12.8. The topological polar surface area (TPSA) is 68.4 Å². The molecule has 3 N–H and O–H groups in total. The smallest absolute Gasteiger partial charge is 0.129 e. The number of aliphatic hydroxyl groups excluding tert-OH is 1. The van der Waals surface area contributed by atoms with E-state index in [4.69, 9.17) is 10.5 Å². The second-order valence-electron chi connectivity index (χ2n) is 3.22. The molecule has 0 aliphatic carbocycles. The van der Waals surface area contributed by atoms with Gasteiger partial charge in [0.1, 0.15) is 5.82 Å². The van der Waals surface area contributed by atoms with Crippen molar-refractivity contribution in [1.29, 1.82) is 0 Å². The Bertz CT molecular complexity index is 282. The van der Waals surface area contributed by atoms with Gasteiger partial charge in [0, 0.05) is 31.9 Å². The Hall–Kier alpha value is -1.13. The maximum atomic E-state index is 9.81. The number of nitrogens with two attached hydrogens (primary N) is 1. The summed E-state index contributed by atoms with van der Waals surface area (Å²) in [5.41, 5.74) is 7.35. The van der Waals surface area contributed by atoms with E-state index in [-0.39, 0.29) is 0 Å². The van der Waals surface area contributed by atoms with Gasteiger partial charge in [-0.3, -0.25) is 0 Å². The predicted molar refractivity (Wildman–Crippen MR) is 54.8 cm³/mol. The molecule has 1 atom stereocenters. The lowest BCUT2D eigenvalue weighted by Gasteiger charge is -2.14. The number of rotatable bonds is 4. The number of hydrogen-bond acceptors (Lipinski definition) is 4. The third-order valence-electron chi connectivity index (χ3n) is 2.17. The summed E-state index contributed by atoms with van der Waals surface area (Å²) in [7, 11) is 1.60. The van der Waals surface area contributed by atoms with E-state index in [0.717, 1.165) is 5.56 Å². The summed E-state index contributed by atoms with van der Waals surface area (Å²) >= 11 is 0. The largest absolute Gasteiger partial charge is 0.388 e. The first-order valence-corrected chi connectivity index (χ1v) is 4.54. The minimum absolute atomic E-state index is 0.397. The SMILES string of the molecule is COCCC(O)c1c(C)ccnc1N. The van der Waals surface area contributed by atoms with Crippen LogP contribution in [-0.2, 0) is 4.74 Å². The summed E-state index contributed by atoms with van der Waals surface area (Å²) in [6.07, 6.45) is 1.58. The van der Waals surface area contributed by atoms with Crippen LogP contribution in [0.4, 0.5) is 5.82 Å². The lowest BCUT2D eigenvalue weighted by Crippen LogP contribution is -2.08. The Morgan fingerprint density at radius 2 is 2.36 bits per heavy atom. The van der Waals surface area contributed by atoms with E-state index in [9.17, 15) is 5.11 Å². The summed E-state index contributed by atoms with van der Waals surface area (Å²) in [6.45, 7) is 2.42. The number of aryl methyl sites for hydroxylation is 1. The third-order valence-corrected chi connectivity index (χ3v) is 2.17. The molecule has 78 valence electrons. The number of methoxy groups -OCH3 is 1. The van der Waals surface area contributed by atoms with Crippen molar-refractivity contribution in [3.8, 4) is 0 Å². The molecule has 0 aliphatic rings. The Morgan fingerprint density at radius 1 is 1.64 bits per heavy atom. The third kappa shape index (κ3) is 2.43. The van der Waals surface area contributed by atoms with E-state index < -0.39 is 6.10 Å².